The van der Waals surface area contributed by atoms with E-state index < -0.39 is 68.2 Å². The van der Waals surface area contributed by atoms with Crippen LogP contribution < -0.4 is 0 Å². The van der Waals surface area contributed by atoms with Crippen LogP contribution in [-0.2, 0) is 18.5 Å². The van der Waals surface area contributed by atoms with Crippen molar-refractivity contribution in [3.8, 4) is 11.5 Å². The molecule has 2 N–H and O–H groups in total. The van der Waals surface area contributed by atoms with E-state index in [4.69, 9.17) is 3.63 Å². The van der Waals surface area contributed by atoms with Crippen molar-refractivity contribution in [3.05, 3.63) is 78.9 Å². The van der Waals surface area contributed by atoms with E-state index in [1.807, 2.05) is 0 Å². The molecule has 0 aliphatic rings. The summed E-state index contributed by atoms with van der Waals surface area (Å²) in [7, 11) is -11.4. The fourth-order valence-corrected chi connectivity index (χ4v) is 8.63. The molecule has 0 unspecified atom stereocenters. The highest BCUT2D eigenvalue weighted by Gasteiger charge is 2.86. The number of rotatable bonds is 12. The van der Waals surface area contributed by atoms with Gasteiger partial charge in [0.05, 0.1) is 6.61 Å². The second kappa shape index (κ2) is 11.3. The lowest BCUT2D eigenvalue weighted by molar-refractivity contribution is -0.417. The van der Waals surface area contributed by atoms with E-state index in [-0.39, 0.29) is 14.7 Å². The van der Waals surface area contributed by atoms with Gasteiger partial charge in [-0.3, -0.25) is 0 Å². The number of ether oxygens (including phenoxy) is 1. The van der Waals surface area contributed by atoms with E-state index in [0.29, 0.717) is 0 Å². The normalized spacial score (nSPS) is 14.2. The van der Waals surface area contributed by atoms with Gasteiger partial charge in [-0.15, -0.1) is 0 Å². The first-order chi connectivity index (χ1) is 18.9. The van der Waals surface area contributed by atoms with Gasteiger partial charge < -0.3 is 14.9 Å². The van der Waals surface area contributed by atoms with E-state index in [9.17, 15) is 45.0 Å². The van der Waals surface area contributed by atoms with Gasteiger partial charge in [0.15, 0.2) is 0 Å². The summed E-state index contributed by atoms with van der Waals surface area (Å²) >= 11 is 0. The summed E-state index contributed by atoms with van der Waals surface area (Å²) in [6.45, 7) is -0.103. The lowest BCUT2D eigenvalue weighted by Gasteiger charge is -2.41. The first kappa shape index (κ1) is 32.4. The van der Waals surface area contributed by atoms with Crippen LogP contribution in [0.4, 0.5) is 35.1 Å². The Balaban J connectivity index is 2.30. The highest BCUT2D eigenvalue weighted by atomic mass is 32.3. The molecule has 226 valence electrons. The first-order valence-corrected chi connectivity index (χ1v) is 14.4. The van der Waals surface area contributed by atoms with E-state index >= 15 is 8.78 Å². The van der Waals surface area contributed by atoms with Crippen LogP contribution in [0.2, 0.25) is 0 Å². The minimum Gasteiger partial charge on any atom is -0.508 e. The van der Waals surface area contributed by atoms with Crippen LogP contribution >= 0.6 is 10.3 Å². The SMILES string of the molecule is CCCOC(F)(F)C(F)(F)C(F)(F)C(F)(F)S(=O)(=O)OS(c1ccccc1)(c1ccc(O)cc1)c1ccc(O)cc1. The van der Waals surface area contributed by atoms with Crippen LogP contribution in [0, 0.1) is 0 Å². The maximum Gasteiger partial charge on any atom is 0.439 e. The van der Waals surface area contributed by atoms with Crippen LogP contribution in [0.25, 0.3) is 0 Å². The quantitative estimate of drug-likeness (QED) is 0.200. The zero-order chi connectivity index (χ0) is 30.9. The number of hydrogen-bond donors (Lipinski definition) is 2. The molecular formula is C25H22F8O6S2. The molecule has 0 saturated carbocycles. The Morgan fingerprint density at radius 2 is 1.07 bits per heavy atom. The molecule has 3 aromatic carbocycles. The van der Waals surface area contributed by atoms with Crippen molar-refractivity contribution in [2.45, 2.75) is 51.2 Å². The smallest absolute Gasteiger partial charge is 0.439 e. The molecule has 16 heteroatoms. The molecule has 0 aromatic heterocycles. The van der Waals surface area contributed by atoms with Crippen molar-refractivity contribution >= 4 is 20.4 Å². The fraction of sp³-hybridized carbons (Fsp3) is 0.280. The number of alkyl halides is 8. The van der Waals surface area contributed by atoms with Gasteiger partial charge in [0.25, 0.3) is 0 Å². The summed E-state index contributed by atoms with van der Waals surface area (Å²) < 4.78 is 151. The zero-order valence-electron chi connectivity index (χ0n) is 20.8. The molecule has 0 aliphatic carbocycles. The van der Waals surface area contributed by atoms with Gasteiger partial charge in [-0.25, -0.2) is 3.63 Å². The van der Waals surface area contributed by atoms with Gasteiger partial charge in [-0.2, -0.15) is 43.5 Å². The third kappa shape index (κ3) is 5.57. The highest BCUT2D eigenvalue weighted by Crippen LogP contribution is 2.71. The Labute approximate surface area is 230 Å². The molecule has 3 aromatic rings. The molecule has 0 spiro atoms. The largest absolute Gasteiger partial charge is 0.508 e. The number of phenolic OH excluding ortho intramolecular Hbond substituents is 2. The Morgan fingerprint density at radius 1 is 0.659 bits per heavy atom. The number of phenols is 2. The second-order valence-electron chi connectivity index (χ2n) is 8.41. The summed E-state index contributed by atoms with van der Waals surface area (Å²) in [5, 5.41) is 12.5. The molecule has 41 heavy (non-hydrogen) atoms. The maximum absolute atomic E-state index is 15.1. The van der Waals surface area contributed by atoms with Gasteiger partial charge in [0, 0.05) is 14.7 Å². The Morgan fingerprint density at radius 3 is 1.49 bits per heavy atom. The number of hydrogen-bond acceptors (Lipinski definition) is 6. The standard InChI is InChI=1S/C25H22F8O6S2/c1-2-16-38-24(30,31)22(26,27)23(28,29)25(32,33)41(36,37)39-40(19-6-4-3-5-7-19,20-12-8-17(34)9-13-20)21-14-10-18(35)11-15-21/h3-15,34-35H,2,16H2,1H3. The van der Waals surface area contributed by atoms with Crippen molar-refractivity contribution in [3.63, 3.8) is 0 Å². The van der Waals surface area contributed by atoms with Crippen LogP contribution in [0.5, 0.6) is 11.5 Å². The minimum absolute atomic E-state index is 0.248. The molecule has 0 atom stereocenters. The third-order valence-corrected chi connectivity index (χ3v) is 10.8. The predicted octanol–water partition coefficient (Wildman–Crippen LogP) is 7.52. The van der Waals surface area contributed by atoms with Gasteiger partial charge in [0.1, 0.15) is 11.5 Å². The van der Waals surface area contributed by atoms with Crippen LogP contribution in [0.3, 0.4) is 0 Å². The van der Waals surface area contributed by atoms with E-state index in [1.54, 1.807) is 0 Å². The molecule has 0 amide bonds. The summed E-state index contributed by atoms with van der Waals surface area (Å²) in [4.78, 5) is -0.890. The molecule has 0 bridgehead atoms. The van der Waals surface area contributed by atoms with Gasteiger partial charge in [-0.05, 0) is 77.4 Å². The third-order valence-electron chi connectivity index (χ3n) is 5.53. The van der Waals surface area contributed by atoms with Crippen molar-refractivity contribution in [1.82, 2.24) is 0 Å². The molecular weight excluding hydrogens is 612 g/mol. The Bertz CT molecular complexity index is 1390. The van der Waals surface area contributed by atoms with E-state index in [0.717, 1.165) is 67.6 Å². The van der Waals surface area contributed by atoms with Crippen LogP contribution in [0.15, 0.2) is 93.5 Å². The monoisotopic (exact) mass is 634 g/mol. The first-order valence-electron chi connectivity index (χ1n) is 11.4. The summed E-state index contributed by atoms with van der Waals surface area (Å²) in [5.41, 5.74) is 0. The summed E-state index contributed by atoms with van der Waals surface area (Å²) in [6.07, 6.45) is -6.60. The van der Waals surface area contributed by atoms with Gasteiger partial charge in [-0.1, -0.05) is 25.1 Å². The van der Waals surface area contributed by atoms with Crippen molar-refractivity contribution in [2.75, 3.05) is 6.61 Å². The Hall–Kier alpha value is -3.08. The second-order valence-corrected chi connectivity index (χ2v) is 12.9. The molecule has 0 saturated heterocycles. The fourth-order valence-electron chi connectivity index (χ4n) is 3.43. The molecule has 0 heterocycles. The van der Waals surface area contributed by atoms with Gasteiger partial charge >= 0.3 is 33.3 Å². The van der Waals surface area contributed by atoms with E-state index in [2.05, 4.69) is 4.74 Å². The van der Waals surface area contributed by atoms with Crippen molar-refractivity contribution in [2.24, 2.45) is 0 Å². The maximum atomic E-state index is 15.1. The average molecular weight is 635 g/mol. The number of halogens is 8. The topological polar surface area (TPSA) is 93.1 Å². The number of aromatic hydroxyl groups is 2. The molecule has 0 aliphatic heterocycles. The lowest BCUT2D eigenvalue weighted by Crippen LogP contribution is -2.65. The average Bonchev–Trinajstić information content (AvgIpc) is 2.91. The number of benzene rings is 3. The van der Waals surface area contributed by atoms with Crippen LogP contribution in [0.1, 0.15) is 13.3 Å². The summed E-state index contributed by atoms with van der Waals surface area (Å²) in [6, 6.07) is 14.2. The molecule has 0 radical (unpaired) electrons. The zero-order valence-corrected chi connectivity index (χ0v) is 22.4. The predicted molar refractivity (Wildman–Crippen MR) is 131 cm³/mol. The van der Waals surface area contributed by atoms with Crippen LogP contribution in [-0.4, -0.2) is 48.4 Å². The summed E-state index contributed by atoms with van der Waals surface area (Å²) in [5.74, 6) is -15.1. The lowest BCUT2D eigenvalue weighted by atomic mass is 10.1. The van der Waals surface area contributed by atoms with Crippen molar-refractivity contribution in [1.29, 1.82) is 0 Å². The molecule has 6 nitrogen and oxygen atoms in total. The minimum atomic E-state index is -7.26. The van der Waals surface area contributed by atoms with Crippen molar-refractivity contribution < 1.29 is 62.1 Å². The Kier molecular flexibility index (Phi) is 8.94. The van der Waals surface area contributed by atoms with Gasteiger partial charge in [0.2, 0.25) is 0 Å². The van der Waals surface area contributed by atoms with E-state index in [1.165, 1.54) is 18.2 Å². The molecule has 3 rings (SSSR count). The molecule has 0 fully saturated rings. The highest BCUT2D eigenvalue weighted by molar-refractivity contribution is 8.33.